The number of hydrogen-bond donors (Lipinski definition) is 2. The number of amides is 1. The van der Waals surface area contributed by atoms with Gasteiger partial charge in [0.2, 0.25) is 5.88 Å². The molecule has 0 bridgehead atoms. The first kappa shape index (κ1) is 20.3. The number of nitrogens with zero attached hydrogens (tertiary/aromatic N) is 2. The normalized spacial score (nSPS) is 10.7. The minimum Gasteiger partial charge on any atom is -0.497 e. The molecule has 0 fully saturated rings. The lowest BCUT2D eigenvalue weighted by atomic mass is 10.2. The predicted octanol–water partition coefficient (Wildman–Crippen LogP) is 1.67. The summed E-state index contributed by atoms with van der Waals surface area (Å²) in [5, 5.41) is 3.09. The van der Waals surface area contributed by atoms with Gasteiger partial charge in [0.15, 0.2) is 5.82 Å². The molecule has 0 aliphatic heterocycles. The van der Waals surface area contributed by atoms with E-state index in [4.69, 9.17) is 14.2 Å². The molecule has 0 spiro atoms. The molecule has 152 valence electrons. The maximum absolute atomic E-state index is 12.4. The second kappa shape index (κ2) is 9.65. The summed E-state index contributed by atoms with van der Waals surface area (Å²) >= 11 is 0. The molecule has 3 rings (SSSR count). The van der Waals surface area contributed by atoms with E-state index in [2.05, 4.69) is 20.3 Å². The van der Waals surface area contributed by atoms with Crippen molar-refractivity contribution in [3.05, 3.63) is 58.3 Å². The molecule has 1 amide bonds. The SMILES string of the molecule is COCCCOc1cc(CNC(=O)c2nc3ccc(OC)cc3c(=O)[nH]2)ccn1. The molecule has 0 unspecified atom stereocenters. The molecule has 9 heteroatoms. The van der Waals surface area contributed by atoms with Crippen LogP contribution in [0.5, 0.6) is 11.6 Å². The maximum Gasteiger partial charge on any atom is 0.287 e. The summed E-state index contributed by atoms with van der Waals surface area (Å²) < 4.78 is 15.6. The largest absolute Gasteiger partial charge is 0.497 e. The highest BCUT2D eigenvalue weighted by atomic mass is 16.5. The molecule has 29 heavy (non-hydrogen) atoms. The number of nitrogens with one attached hydrogen (secondary N) is 2. The number of benzene rings is 1. The van der Waals surface area contributed by atoms with Crippen LogP contribution in [0.3, 0.4) is 0 Å². The number of hydrogen-bond acceptors (Lipinski definition) is 7. The zero-order valence-electron chi connectivity index (χ0n) is 16.2. The number of carbonyl (C=O) groups excluding carboxylic acids is 1. The second-order valence-electron chi connectivity index (χ2n) is 6.18. The number of pyridine rings is 1. The van der Waals surface area contributed by atoms with Crippen molar-refractivity contribution in [3.63, 3.8) is 0 Å². The highest BCUT2D eigenvalue weighted by Crippen LogP contribution is 2.16. The molecule has 1 aromatic carbocycles. The molecule has 2 heterocycles. The third kappa shape index (κ3) is 5.29. The average molecular weight is 398 g/mol. The van der Waals surface area contributed by atoms with Crippen LogP contribution in [0.25, 0.3) is 10.9 Å². The van der Waals surface area contributed by atoms with Gasteiger partial charge in [0, 0.05) is 38.9 Å². The van der Waals surface area contributed by atoms with Gasteiger partial charge < -0.3 is 24.5 Å². The molecule has 9 nitrogen and oxygen atoms in total. The summed E-state index contributed by atoms with van der Waals surface area (Å²) in [7, 11) is 3.15. The van der Waals surface area contributed by atoms with Crippen molar-refractivity contribution in [1.82, 2.24) is 20.3 Å². The number of ether oxygens (including phenoxy) is 3. The number of fused-ring (bicyclic) bond motifs is 1. The van der Waals surface area contributed by atoms with Gasteiger partial charge in [0.25, 0.3) is 11.5 Å². The van der Waals surface area contributed by atoms with Crippen LogP contribution >= 0.6 is 0 Å². The Morgan fingerprint density at radius 2 is 2.03 bits per heavy atom. The van der Waals surface area contributed by atoms with Crippen molar-refractivity contribution in [2.24, 2.45) is 0 Å². The van der Waals surface area contributed by atoms with Crippen molar-refractivity contribution in [2.75, 3.05) is 27.4 Å². The Kier molecular flexibility index (Phi) is 6.75. The van der Waals surface area contributed by atoms with E-state index >= 15 is 0 Å². The Bertz CT molecular complexity index is 1050. The number of methoxy groups -OCH3 is 2. The molecule has 0 aliphatic rings. The fourth-order valence-electron chi connectivity index (χ4n) is 2.64. The lowest BCUT2D eigenvalue weighted by molar-refractivity contribution is 0.0940. The number of aromatic amines is 1. The summed E-state index contributed by atoms with van der Waals surface area (Å²) in [6.45, 7) is 1.34. The van der Waals surface area contributed by atoms with E-state index in [0.29, 0.717) is 35.7 Å². The summed E-state index contributed by atoms with van der Waals surface area (Å²) in [5.74, 6) is 0.468. The smallest absolute Gasteiger partial charge is 0.287 e. The van der Waals surface area contributed by atoms with Crippen LogP contribution in [0.2, 0.25) is 0 Å². The lowest BCUT2D eigenvalue weighted by Crippen LogP contribution is -2.27. The van der Waals surface area contributed by atoms with Gasteiger partial charge in [-0.1, -0.05) is 0 Å². The van der Waals surface area contributed by atoms with Gasteiger partial charge in [0.1, 0.15) is 5.75 Å². The summed E-state index contributed by atoms with van der Waals surface area (Å²) in [4.78, 5) is 35.6. The molecule has 0 aliphatic carbocycles. The first-order valence-corrected chi connectivity index (χ1v) is 9.03. The van der Waals surface area contributed by atoms with Crippen LogP contribution in [-0.2, 0) is 11.3 Å². The molecular weight excluding hydrogens is 376 g/mol. The topological polar surface area (TPSA) is 115 Å². The highest BCUT2D eigenvalue weighted by molar-refractivity contribution is 5.92. The van der Waals surface area contributed by atoms with Crippen molar-refractivity contribution in [1.29, 1.82) is 0 Å². The molecule has 0 radical (unpaired) electrons. The minimum absolute atomic E-state index is 0.0576. The number of carbonyl (C=O) groups is 1. The van der Waals surface area contributed by atoms with Gasteiger partial charge in [-0.2, -0.15) is 0 Å². The average Bonchev–Trinajstić information content (AvgIpc) is 2.75. The van der Waals surface area contributed by atoms with Crippen LogP contribution in [-0.4, -0.2) is 48.3 Å². The van der Waals surface area contributed by atoms with Gasteiger partial charge in [0.05, 0.1) is 24.6 Å². The van der Waals surface area contributed by atoms with Gasteiger partial charge in [-0.25, -0.2) is 9.97 Å². The van der Waals surface area contributed by atoms with Crippen molar-refractivity contribution in [2.45, 2.75) is 13.0 Å². The zero-order chi connectivity index (χ0) is 20.6. The van der Waals surface area contributed by atoms with E-state index in [1.54, 1.807) is 43.6 Å². The van der Waals surface area contributed by atoms with E-state index < -0.39 is 11.5 Å². The van der Waals surface area contributed by atoms with Crippen LogP contribution in [0, 0.1) is 0 Å². The van der Waals surface area contributed by atoms with Gasteiger partial charge in [-0.15, -0.1) is 0 Å². The molecule has 0 saturated carbocycles. The third-order valence-electron chi connectivity index (χ3n) is 4.12. The van der Waals surface area contributed by atoms with E-state index in [1.165, 1.54) is 7.11 Å². The number of rotatable bonds is 9. The lowest BCUT2D eigenvalue weighted by Gasteiger charge is -2.08. The van der Waals surface area contributed by atoms with Crippen LogP contribution < -0.4 is 20.3 Å². The van der Waals surface area contributed by atoms with E-state index in [0.717, 1.165) is 12.0 Å². The maximum atomic E-state index is 12.4. The Labute approximate surface area is 167 Å². The Morgan fingerprint density at radius 1 is 1.17 bits per heavy atom. The van der Waals surface area contributed by atoms with Crippen LogP contribution in [0.1, 0.15) is 22.6 Å². The molecule has 0 saturated heterocycles. The third-order valence-corrected chi connectivity index (χ3v) is 4.12. The first-order chi connectivity index (χ1) is 14.1. The Morgan fingerprint density at radius 3 is 2.83 bits per heavy atom. The second-order valence-corrected chi connectivity index (χ2v) is 6.18. The number of aromatic nitrogens is 3. The monoisotopic (exact) mass is 398 g/mol. The summed E-state index contributed by atoms with van der Waals surface area (Å²) in [5.41, 5.74) is 0.813. The molecule has 2 aromatic heterocycles. The zero-order valence-corrected chi connectivity index (χ0v) is 16.2. The Hall–Kier alpha value is -3.46. The molecule has 2 N–H and O–H groups in total. The fraction of sp³-hybridized carbons (Fsp3) is 0.300. The summed E-state index contributed by atoms with van der Waals surface area (Å²) in [6, 6.07) is 8.41. The van der Waals surface area contributed by atoms with Crippen molar-refractivity contribution < 1.29 is 19.0 Å². The van der Waals surface area contributed by atoms with Crippen LogP contribution in [0.4, 0.5) is 0 Å². The van der Waals surface area contributed by atoms with Gasteiger partial charge in [-0.3, -0.25) is 9.59 Å². The van der Waals surface area contributed by atoms with Gasteiger partial charge >= 0.3 is 0 Å². The van der Waals surface area contributed by atoms with Crippen molar-refractivity contribution >= 4 is 16.8 Å². The van der Waals surface area contributed by atoms with Crippen molar-refractivity contribution in [3.8, 4) is 11.6 Å². The molecular formula is C20H22N4O5. The van der Waals surface area contributed by atoms with E-state index in [-0.39, 0.29) is 12.4 Å². The quantitative estimate of drug-likeness (QED) is 0.527. The van der Waals surface area contributed by atoms with Crippen LogP contribution in [0.15, 0.2) is 41.3 Å². The van der Waals surface area contributed by atoms with E-state index in [1.807, 2.05) is 0 Å². The predicted molar refractivity (Wildman–Crippen MR) is 106 cm³/mol. The standard InChI is InChI=1S/C20H22N4O5/c1-27-8-3-9-29-17-10-13(6-7-21-17)12-22-20(26)18-23-16-5-4-14(28-2)11-15(16)19(25)24-18/h4-7,10-11H,3,8-9,12H2,1-2H3,(H,22,26)(H,23,24,25). The highest BCUT2D eigenvalue weighted by Gasteiger charge is 2.12. The fourth-order valence-corrected chi connectivity index (χ4v) is 2.64. The molecule has 3 aromatic rings. The number of H-pyrrole nitrogens is 1. The molecule has 0 atom stereocenters. The van der Waals surface area contributed by atoms with E-state index in [9.17, 15) is 9.59 Å². The van der Waals surface area contributed by atoms with Gasteiger partial charge in [-0.05, 0) is 29.8 Å². The first-order valence-electron chi connectivity index (χ1n) is 9.03. The minimum atomic E-state index is -0.487. The Balaban J connectivity index is 1.65. The summed E-state index contributed by atoms with van der Waals surface area (Å²) in [6.07, 6.45) is 2.36.